The Kier molecular flexibility index (Phi) is 5.63. The van der Waals surface area contributed by atoms with E-state index >= 15 is 0 Å². The van der Waals surface area contributed by atoms with E-state index in [2.05, 4.69) is 48.9 Å². The molecule has 1 amide bonds. The molecule has 1 saturated heterocycles. The number of aromatic nitrogens is 5. The van der Waals surface area contributed by atoms with Crippen LogP contribution in [-0.2, 0) is 11.3 Å². The molecule has 4 aromatic rings. The van der Waals surface area contributed by atoms with Crippen molar-refractivity contribution in [2.24, 2.45) is 11.8 Å². The molecule has 184 valence electrons. The van der Waals surface area contributed by atoms with Crippen LogP contribution in [0.5, 0.6) is 0 Å². The zero-order valence-corrected chi connectivity index (χ0v) is 20.2. The molecule has 2 aliphatic rings. The Balaban J connectivity index is 1.04. The molecule has 0 bridgehead atoms. The highest BCUT2D eigenvalue weighted by atomic mass is 16.5. The maximum absolute atomic E-state index is 12.2. The molecule has 1 aliphatic carbocycles. The molecule has 10 heteroatoms. The Bertz CT molecular complexity index is 1380. The lowest BCUT2D eigenvalue weighted by Crippen LogP contribution is -2.35. The summed E-state index contributed by atoms with van der Waals surface area (Å²) in [7, 11) is 0. The van der Waals surface area contributed by atoms with Crippen LogP contribution in [0.25, 0.3) is 11.0 Å². The predicted molar refractivity (Wildman–Crippen MR) is 136 cm³/mol. The van der Waals surface area contributed by atoms with Crippen molar-refractivity contribution in [1.82, 2.24) is 29.8 Å². The Morgan fingerprint density at radius 1 is 1.08 bits per heavy atom. The van der Waals surface area contributed by atoms with Crippen molar-refractivity contribution < 1.29 is 9.53 Å². The molecule has 2 N–H and O–H groups in total. The molecule has 0 spiro atoms. The molecule has 6 rings (SSSR count). The van der Waals surface area contributed by atoms with Gasteiger partial charge in [-0.1, -0.05) is 30.3 Å². The summed E-state index contributed by atoms with van der Waals surface area (Å²) < 4.78 is 7.48. The number of hydrogen-bond donors (Lipinski definition) is 2. The molecule has 2 fully saturated rings. The van der Waals surface area contributed by atoms with Crippen LogP contribution < -0.4 is 15.5 Å². The molecule has 10 nitrogen and oxygen atoms in total. The number of piperidine rings is 1. The molecule has 3 aromatic heterocycles. The van der Waals surface area contributed by atoms with Gasteiger partial charge in [0.05, 0.1) is 18.0 Å². The topological polar surface area (TPSA) is 110 Å². The van der Waals surface area contributed by atoms with Gasteiger partial charge in [0.1, 0.15) is 23.8 Å². The highest BCUT2D eigenvalue weighted by molar-refractivity contribution is 5.78. The van der Waals surface area contributed by atoms with Crippen LogP contribution in [0, 0.1) is 11.8 Å². The van der Waals surface area contributed by atoms with Crippen molar-refractivity contribution in [3.05, 3.63) is 66.7 Å². The number of benzene rings is 1. The maximum atomic E-state index is 12.2. The number of pyridine rings is 1. The number of hydrogen-bond acceptors (Lipinski definition) is 8. The fraction of sp³-hybridized carbons (Fsp3) is 0.346. The Morgan fingerprint density at radius 2 is 1.89 bits per heavy atom. The van der Waals surface area contributed by atoms with E-state index in [9.17, 15) is 4.79 Å². The summed E-state index contributed by atoms with van der Waals surface area (Å²) in [5.74, 6) is 2.83. The number of nitrogens with zero attached hydrogens (tertiary/aromatic N) is 6. The van der Waals surface area contributed by atoms with Crippen LogP contribution in [0.1, 0.15) is 25.5 Å². The third kappa shape index (κ3) is 4.41. The SMILES string of the molecule is CC(C)n1cnc2cnc(Nc3ccnc(N4C[C@@H]5[C@H](C4)[C@@H]5NC(=O)OCc4ccccc4)n3)cc21. The maximum Gasteiger partial charge on any atom is 0.407 e. The number of carbonyl (C=O) groups is 1. The average molecular weight is 485 g/mol. The number of rotatable bonds is 7. The number of fused-ring (bicyclic) bond motifs is 2. The predicted octanol–water partition coefficient (Wildman–Crippen LogP) is 3.91. The smallest absolute Gasteiger partial charge is 0.407 e. The molecular weight excluding hydrogens is 456 g/mol. The van der Waals surface area contributed by atoms with Crippen molar-refractivity contribution in [2.45, 2.75) is 32.5 Å². The van der Waals surface area contributed by atoms with E-state index in [1.165, 1.54) is 0 Å². The molecule has 1 aliphatic heterocycles. The number of carbonyl (C=O) groups excluding carboxylic acids is 1. The van der Waals surface area contributed by atoms with Crippen molar-refractivity contribution in [3.8, 4) is 0 Å². The summed E-state index contributed by atoms with van der Waals surface area (Å²) in [6.45, 7) is 6.13. The Morgan fingerprint density at radius 3 is 2.67 bits per heavy atom. The molecular formula is C26H28N8O2. The minimum Gasteiger partial charge on any atom is -0.445 e. The van der Waals surface area contributed by atoms with Gasteiger partial charge in [0.2, 0.25) is 5.95 Å². The summed E-state index contributed by atoms with van der Waals surface area (Å²) in [6.07, 6.45) is 5.00. The van der Waals surface area contributed by atoms with Gasteiger partial charge in [-0.15, -0.1) is 0 Å². The van der Waals surface area contributed by atoms with Gasteiger partial charge >= 0.3 is 6.09 Å². The Hall–Kier alpha value is -4.21. The normalized spacial score (nSPS) is 20.4. The Labute approximate surface area is 208 Å². The van der Waals surface area contributed by atoms with Gasteiger partial charge in [0, 0.05) is 49.3 Å². The molecule has 1 saturated carbocycles. The lowest BCUT2D eigenvalue weighted by atomic mass is 10.2. The van der Waals surface area contributed by atoms with Crippen LogP contribution in [0.3, 0.4) is 0 Å². The van der Waals surface area contributed by atoms with Gasteiger partial charge in [-0.3, -0.25) is 0 Å². The molecule has 0 radical (unpaired) electrons. The van der Waals surface area contributed by atoms with Crippen LogP contribution in [0.2, 0.25) is 0 Å². The lowest BCUT2D eigenvalue weighted by Gasteiger charge is -2.20. The summed E-state index contributed by atoms with van der Waals surface area (Å²) in [5.41, 5.74) is 2.86. The van der Waals surface area contributed by atoms with Crippen LogP contribution in [-0.4, -0.2) is 49.7 Å². The van der Waals surface area contributed by atoms with Crippen molar-refractivity contribution in [3.63, 3.8) is 0 Å². The fourth-order valence-electron chi connectivity index (χ4n) is 4.92. The molecule has 0 unspecified atom stereocenters. The summed E-state index contributed by atoms with van der Waals surface area (Å²) in [5, 5.41) is 6.31. The highest BCUT2D eigenvalue weighted by Crippen LogP contribution is 2.46. The van der Waals surface area contributed by atoms with Crippen LogP contribution >= 0.6 is 0 Å². The number of ether oxygens (including phenoxy) is 1. The lowest BCUT2D eigenvalue weighted by molar-refractivity contribution is 0.138. The van der Waals surface area contributed by atoms with Gasteiger partial charge in [-0.2, -0.15) is 4.98 Å². The van der Waals surface area contributed by atoms with Gasteiger partial charge in [0.15, 0.2) is 0 Å². The van der Waals surface area contributed by atoms with E-state index in [0.717, 1.165) is 29.7 Å². The summed E-state index contributed by atoms with van der Waals surface area (Å²) in [4.78, 5) is 32.4. The van der Waals surface area contributed by atoms with Crippen molar-refractivity contribution in [1.29, 1.82) is 0 Å². The van der Waals surface area contributed by atoms with Gasteiger partial charge in [-0.05, 0) is 25.5 Å². The van der Waals surface area contributed by atoms with Gasteiger partial charge in [-0.25, -0.2) is 19.7 Å². The third-order valence-electron chi connectivity index (χ3n) is 6.89. The highest BCUT2D eigenvalue weighted by Gasteiger charge is 2.57. The number of amides is 1. The van der Waals surface area contributed by atoms with Gasteiger partial charge in [0.25, 0.3) is 0 Å². The monoisotopic (exact) mass is 484 g/mol. The van der Waals surface area contributed by atoms with E-state index in [1.54, 1.807) is 12.4 Å². The number of imidazole rings is 1. The minimum atomic E-state index is -0.365. The van der Waals surface area contributed by atoms with Crippen molar-refractivity contribution in [2.75, 3.05) is 23.3 Å². The number of anilines is 3. The largest absolute Gasteiger partial charge is 0.445 e. The second-order valence-corrected chi connectivity index (χ2v) is 9.64. The first-order chi connectivity index (χ1) is 17.5. The quantitative estimate of drug-likeness (QED) is 0.406. The van der Waals surface area contributed by atoms with Crippen LogP contribution in [0.15, 0.2) is 61.2 Å². The van der Waals surface area contributed by atoms with E-state index < -0.39 is 0 Å². The summed E-state index contributed by atoms with van der Waals surface area (Å²) in [6, 6.07) is 14.0. The van der Waals surface area contributed by atoms with Gasteiger partial charge < -0.3 is 24.8 Å². The van der Waals surface area contributed by atoms with Crippen LogP contribution in [0.4, 0.5) is 22.4 Å². The first-order valence-corrected chi connectivity index (χ1v) is 12.2. The first kappa shape index (κ1) is 22.3. The molecule has 3 atom stereocenters. The zero-order valence-electron chi connectivity index (χ0n) is 20.2. The first-order valence-electron chi connectivity index (χ1n) is 12.2. The number of nitrogens with one attached hydrogen (secondary N) is 2. The molecule has 36 heavy (non-hydrogen) atoms. The molecule has 1 aromatic carbocycles. The standard InChI is InChI=1S/C26H28N8O2/c1-16(2)34-15-29-20-11-28-23(10-21(20)34)30-22-8-9-27-25(31-22)33-12-18-19(13-33)24(18)32-26(35)36-14-17-6-4-3-5-7-17/h3-11,15-16,18-19,24H,12-14H2,1-2H3,(H,32,35)(H,27,28,30,31)/t18-,19+,24-. The second kappa shape index (κ2) is 9.10. The van der Waals surface area contributed by atoms with E-state index in [4.69, 9.17) is 9.72 Å². The molecule has 4 heterocycles. The van der Waals surface area contributed by atoms with Crippen molar-refractivity contribution >= 4 is 34.7 Å². The zero-order chi connectivity index (χ0) is 24.6. The minimum absolute atomic E-state index is 0.146. The third-order valence-corrected chi connectivity index (χ3v) is 6.89. The van der Waals surface area contributed by atoms with E-state index in [0.29, 0.717) is 35.5 Å². The fourth-order valence-corrected chi connectivity index (χ4v) is 4.92. The summed E-state index contributed by atoms with van der Waals surface area (Å²) >= 11 is 0. The number of alkyl carbamates (subject to hydrolysis) is 1. The second-order valence-electron chi connectivity index (χ2n) is 9.64. The average Bonchev–Trinajstić information content (AvgIpc) is 3.23. The van der Waals surface area contributed by atoms with E-state index in [1.807, 2.05) is 48.8 Å². The van der Waals surface area contributed by atoms with E-state index in [-0.39, 0.29) is 18.7 Å².